The van der Waals surface area contributed by atoms with E-state index in [-0.39, 0.29) is 5.91 Å². The van der Waals surface area contributed by atoms with E-state index in [9.17, 15) is 4.79 Å². The molecular formula is C16H31N3O. The lowest BCUT2D eigenvalue weighted by Crippen LogP contribution is -2.45. The fraction of sp³-hybridized carbons (Fsp3) is 0.938. The molecule has 4 heteroatoms. The van der Waals surface area contributed by atoms with Crippen molar-refractivity contribution < 1.29 is 4.79 Å². The van der Waals surface area contributed by atoms with Crippen molar-refractivity contribution in [2.75, 3.05) is 26.2 Å². The topological polar surface area (TPSA) is 44.4 Å². The Bertz CT molecular complexity index is 294. The lowest BCUT2D eigenvalue weighted by Gasteiger charge is -2.30. The van der Waals surface area contributed by atoms with Gasteiger partial charge in [0.15, 0.2) is 0 Å². The van der Waals surface area contributed by atoms with Gasteiger partial charge in [0.25, 0.3) is 0 Å². The highest BCUT2D eigenvalue weighted by atomic mass is 16.2. The number of carbonyl (C=O) groups is 1. The second-order valence-corrected chi connectivity index (χ2v) is 6.45. The van der Waals surface area contributed by atoms with Crippen LogP contribution >= 0.6 is 0 Å². The maximum Gasteiger partial charge on any atom is 0.234 e. The van der Waals surface area contributed by atoms with Crippen molar-refractivity contribution in [3.8, 4) is 0 Å². The normalized spacial score (nSPS) is 23.3. The molecule has 1 saturated heterocycles. The molecule has 20 heavy (non-hydrogen) atoms. The molecule has 2 fully saturated rings. The smallest absolute Gasteiger partial charge is 0.234 e. The van der Waals surface area contributed by atoms with Crippen LogP contribution in [0.5, 0.6) is 0 Å². The van der Waals surface area contributed by atoms with E-state index in [1.807, 2.05) is 0 Å². The molecule has 4 nitrogen and oxygen atoms in total. The summed E-state index contributed by atoms with van der Waals surface area (Å²) in [6.45, 7) is 8.25. The summed E-state index contributed by atoms with van der Waals surface area (Å²) in [7, 11) is 0. The molecule has 0 bridgehead atoms. The van der Waals surface area contributed by atoms with Crippen molar-refractivity contribution in [2.24, 2.45) is 5.92 Å². The predicted molar refractivity (Wildman–Crippen MR) is 82.7 cm³/mol. The van der Waals surface area contributed by atoms with E-state index in [4.69, 9.17) is 0 Å². The summed E-state index contributed by atoms with van der Waals surface area (Å²) in [5.41, 5.74) is 0. The minimum atomic E-state index is 0.217. The number of nitrogens with one attached hydrogen (secondary N) is 2. The van der Waals surface area contributed by atoms with Gasteiger partial charge in [0, 0.05) is 18.6 Å². The van der Waals surface area contributed by atoms with Crippen LogP contribution in [0.2, 0.25) is 0 Å². The molecule has 0 spiro atoms. The SMILES string of the molecule is CCC(CC)NC(=O)CN(CC1CCCNC1)C1CC1. The fourth-order valence-electron chi connectivity index (χ4n) is 3.14. The predicted octanol–water partition coefficient (Wildman–Crippen LogP) is 1.76. The van der Waals surface area contributed by atoms with Crippen molar-refractivity contribution in [2.45, 2.75) is 64.5 Å². The number of amides is 1. The van der Waals surface area contributed by atoms with E-state index in [0.29, 0.717) is 18.6 Å². The summed E-state index contributed by atoms with van der Waals surface area (Å²) in [5, 5.41) is 6.65. The van der Waals surface area contributed by atoms with Gasteiger partial charge in [-0.25, -0.2) is 0 Å². The van der Waals surface area contributed by atoms with Gasteiger partial charge in [-0.1, -0.05) is 13.8 Å². The molecule has 0 aromatic heterocycles. The molecule has 1 heterocycles. The molecule has 2 N–H and O–H groups in total. The Hall–Kier alpha value is -0.610. The molecule has 1 saturated carbocycles. The fourth-order valence-corrected chi connectivity index (χ4v) is 3.14. The monoisotopic (exact) mass is 281 g/mol. The van der Waals surface area contributed by atoms with Crippen molar-refractivity contribution in [3.63, 3.8) is 0 Å². The Morgan fingerprint density at radius 2 is 2.05 bits per heavy atom. The van der Waals surface area contributed by atoms with Gasteiger partial charge in [-0.05, 0) is 57.5 Å². The van der Waals surface area contributed by atoms with E-state index in [2.05, 4.69) is 29.4 Å². The largest absolute Gasteiger partial charge is 0.352 e. The van der Waals surface area contributed by atoms with Crippen LogP contribution in [-0.4, -0.2) is 49.1 Å². The van der Waals surface area contributed by atoms with E-state index >= 15 is 0 Å². The first kappa shape index (κ1) is 15.8. The minimum Gasteiger partial charge on any atom is -0.352 e. The van der Waals surface area contributed by atoms with Gasteiger partial charge in [0.05, 0.1) is 6.54 Å². The van der Waals surface area contributed by atoms with Crippen molar-refractivity contribution in [1.82, 2.24) is 15.5 Å². The highest BCUT2D eigenvalue weighted by molar-refractivity contribution is 5.78. The number of piperidine rings is 1. The van der Waals surface area contributed by atoms with Gasteiger partial charge in [-0.2, -0.15) is 0 Å². The maximum absolute atomic E-state index is 12.2. The van der Waals surface area contributed by atoms with Crippen LogP contribution in [-0.2, 0) is 4.79 Å². The number of carbonyl (C=O) groups excluding carboxylic acids is 1. The average Bonchev–Trinajstić information content (AvgIpc) is 3.30. The molecule has 1 aliphatic carbocycles. The summed E-state index contributed by atoms with van der Waals surface area (Å²) >= 11 is 0. The van der Waals surface area contributed by atoms with Crippen LogP contribution in [0.1, 0.15) is 52.4 Å². The van der Waals surface area contributed by atoms with E-state index in [0.717, 1.165) is 38.4 Å². The first-order chi connectivity index (χ1) is 9.72. The summed E-state index contributed by atoms with van der Waals surface area (Å²) in [6.07, 6.45) is 7.20. The van der Waals surface area contributed by atoms with Crippen molar-refractivity contribution in [1.29, 1.82) is 0 Å². The van der Waals surface area contributed by atoms with Crippen LogP contribution < -0.4 is 10.6 Å². The summed E-state index contributed by atoms with van der Waals surface area (Å²) in [6, 6.07) is 1.02. The van der Waals surface area contributed by atoms with Gasteiger partial charge < -0.3 is 10.6 Å². The standard InChI is InChI=1S/C16H31N3O/c1-3-14(4-2)18-16(20)12-19(15-7-8-15)11-13-6-5-9-17-10-13/h13-15,17H,3-12H2,1-2H3,(H,18,20). The maximum atomic E-state index is 12.2. The Kier molecular flexibility index (Phi) is 6.30. The Balaban J connectivity index is 1.77. The summed E-state index contributed by atoms with van der Waals surface area (Å²) in [5.74, 6) is 0.944. The molecule has 1 aliphatic heterocycles. The Morgan fingerprint density at radius 3 is 2.60 bits per heavy atom. The third-order valence-electron chi connectivity index (χ3n) is 4.65. The average molecular weight is 281 g/mol. The first-order valence-corrected chi connectivity index (χ1v) is 8.47. The Labute approximate surface area is 123 Å². The van der Waals surface area contributed by atoms with E-state index < -0.39 is 0 Å². The number of hydrogen-bond donors (Lipinski definition) is 2. The third-order valence-corrected chi connectivity index (χ3v) is 4.65. The summed E-state index contributed by atoms with van der Waals surface area (Å²) in [4.78, 5) is 14.6. The van der Waals surface area contributed by atoms with E-state index in [1.165, 1.54) is 25.7 Å². The highest BCUT2D eigenvalue weighted by Gasteiger charge is 2.32. The van der Waals surface area contributed by atoms with Crippen LogP contribution in [0.15, 0.2) is 0 Å². The third kappa shape index (κ3) is 5.06. The van der Waals surface area contributed by atoms with Gasteiger partial charge >= 0.3 is 0 Å². The molecule has 2 rings (SSSR count). The lowest BCUT2D eigenvalue weighted by molar-refractivity contribution is -0.123. The van der Waals surface area contributed by atoms with Gasteiger partial charge in [0.1, 0.15) is 0 Å². The highest BCUT2D eigenvalue weighted by Crippen LogP contribution is 2.28. The second-order valence-electron chi connectivity index (χ2n) is 6.45. The first-order valence-electron chi connectivity index (χ1n) is 8.47. The molecular weight excluding hydrogens is 250 g/mol. The van der Waals surface area contributed by atoms with Crippen LogP contribution in [0.4, 0.5) is 0 Å². The second kappa shape index (κ2) is 7.99. The Morgan fingerprint density at radius 1 is 1.30 bits per heavy atom. The molecule has 1 unspecified atom stereocenters. The zero-order valence-electron chi connectivity index (χ0n) is 13.2. The zero-order chi connectivity index (χ0) is 14.4. The quantitative estimate of drug-likeness (QED) is 0.712. The number of nitrogens with zero attached hydrogens (tertiary/aromatic N) is 1. The molecule has 0 aromatic rings. The molecule has 1 atom stereocenters. The zero-order valence-corrected chi connectivity index (χ0v) is 13.2. The van der Waals surface area contributed by atoms with Crippen LogP contribution in [0.25, 0.3) is 0 Å². The molecule has 0 radical (unpaired) electrons. The van der Waals surface area contributed by atoms with Gasteiger partial charge in [-0.3, -0.25) is 9.69 Å². The summed E-state index contributed by atoms with van der Waals surface area (Å²) < 4.78 is 0. The molecule has 116 valence electrons. The molecule has 0 aromatic carbocycles. The van der Waals surface area contributed by atoms with Crippen LogP contribution in [0, 0.1) is 5.92 Å². The molecule has 2 aliphatic rings. The van der Waals surface area contributed by atoms with Gasteiger partial charge in [0.2, 0.25) is 5.91 Å². The molecule has 1 amide bonds. The van der Waals surface area contributed by atoms with E-state index in [1.54, 1.807) is 0 Å². The van der Waals surface area contributed by atoms with Gasteiger partial charge in [-0.15, -0.1) is 0 Å². The van der Waals surface area contributed by atoms with Crippen LogP contribution in [0.3, 0.4) is 0 Å². The lowest BCUT2D eigenvalue weighted by atomic mass is 9.99. The number of rotatable bonds is 8. The minimum absolute atomic E-state index is 0.217. The van der Waals surface area contributed by atoms with Crippen molar-refractivity contribution >= 4 is 5.91 Å². The number of hydrogen-bond acceptors (Lipinski definition) is 3. The van der Waals surface area contributed by atoms with Crippen molar-refractivity contribution in [3.05, 3.63) is 0 Å².